The van der Waals surface area contributed by atoms with Gasteiger partial charge in [0, 0.05) is 0 Å². The lowest BCUT2D eigenvalue weighted by molar-refractivity contribution is -0.162. The van der Waals surface area contributed by atoms with Crippen LogP contribution in [0.25, 0.3) is 0 Å². The van der Waals surface area contributed by atoms with E-state index >= 15 is 0 Å². The normalized spacial score (nSPS) is 17.7. The van der Waals surface area contributed by atoms with Crippen molar-refractivity contribution < 1.29 is 43.4 Å². The highest BCUT2D eigenvalue weighted by Gasteiger charge is 2.28. The summed E-state index contributed by atoms with van der Waals surface area (Å²) in [7, 11) is 0. The van der Waals surface area contributed by atoms with E-state index < -0.39 is 58.7 Å². The van der Waals surface area contributed by atoms with Crippen molar-refractivity contribution in [3.8, 4) is 0 Å². The summed E-state index contributed by atoms with van der Waals surface area (Å²) in [5.74, 6) is -3.93. The summed E-state index contributed by atoms with van der Waals surface area (Å²) < 4.78 is 10.5. The van der Waals surface area contributed by atoms with Gasteiger partial charge in [-0.1, -0.05) is 95.0 Å². The van der Waals surface area contributed by atoms with Crippen LogP contribution in [0.4, 0.5) is 0 Å². The second kappa shape index (κ2) is 21.7. The lowest BCUT2D eigenvalue weighted by Gasteiger charge is -2.23. The molecule has 1 amide bonds. The van der Waals surface area contributed by atoms with E-state index in [0.29, 0.717) is 18.8 Å². The molecule has 48 heavy (non-hydrogen) atoms. The van der Waals surface area contributed by atoms with Crippen LogP contribution in [0, 0.1) is 23.7 Å². The third kappa shape index (κ3) is 20.9. The van der Waals surface area contributed by atoms with E-state index in [0.717, 1.165) is 31.6 Å². The molecular weight excluding hydrogens is 618 g/mol. The first-order valence-corrected chi connectivity index (χ1v) is 17.9. The average Bonchev–Trinajstić information content (AvgIpc) is 2.98. The molecule has 2 fully saturated rings. The number of hydrogen-bond donors (Lipinski definition) is 3. The third-order valence-corrected chi connectivity index (χ3v) is 8.61. The number of nitrogens with zero attached hydrogens (tertiary/aromatic N) is 1. The highest BCUT2D eigenvalue weighted by molar-refractivity contribution is 6.36. The summed E-state index contributed by atoms with van der Waals surface area (Å²) in [5.41, 5.74) is 9.01. The SMILES string of the molecule is CC(C)(C)OC(=O)C[C@@H](CCCC1CCCCC1)C(=O)O.CC(C)(C)OC(=O)C[C@@H](CCCC1CCCCC1)C(=O)O/N=C(\N)C(N)=O. The Kier molecular flexibility index (Phi) is 19.4. The molecular formula is C36H63N3O9. The Morgan fingerprint density at radius 1 is 0.688 bits per heavy atom. The van der Waals surface area contributed by atoms with Gasteiger partial charge in [-0.05, 0) is 66.2 Å². The van der Waals surface area contributed by atoms with Crippen LogP contribution >= 0.6 is 0 Å². The van der Waals surface area contributed by atoms with Gasteiger partial charge in [0.2, 0.25) is 5.84 Å². The number of carbonyl (C=O) groups excluding carboxylic acids is 4. The van der Waals surface area contributed by atoms with Crippen molar-refractivity contribution in [2.24, 2.45) is 40.3 Å². The Hall–Kier alpha value is -3.18. The van der Waals surface area contributed by atoms with E-state index in [1.54, 1.807) is 41.5 Å². The highest BCUT2D eigenvalue weighted by atomic mass is 16.7. The number of carbonyl (C=O) groups is 5. The number of rotatable bonds is 15. The fourth-order valence-corrected chi connectivity index (χ4v) is 6.26. The molecule has 0 aliphatic heterocycles. The first kappa shape index (κ1) is 42.8. The van der Waals surface area contributed by atoms with Crippen molar-refractivity contribution in [2.75, 3.05) is 0 Å². The van der Waals surface area contributed by atoms with Crippen molar-refractivity contribution >= 4 is 35.6 Å². The fraction of sp³-hybridized carbons (Fsp3) is 0.833. The minimum absolute atomic E-state index is 0.0166. The Morgan fingerprint density at radius 2 is 1.08 bits per heavy atom. The zero-order valence-electron chi connectivity index (χ0n) is 30.4. The van der Waals surface area contributed by atoms with Gasteiger partial charge in [-0.25, -0.2) is 4.79 Å². The molecule has 2 saturated carbocycles. The maximum absolute atomic E-state index is 12.3. The van der Waals surface area contributed by atoms with Gasteiger partial charge in [-0.2, -0.15) is 0 Å². The van der Waals surface area contributed by atoms with E-state index in [4.69, 9.17) is 25.8 Å². The van der Waals surface area contributed by atoms with Crippen LogP contribution in [0.15, 0.2) is 5.16 Å². The predicted molar refractivity (Wildman–Crippen MR) is 183 cm³/mol. The van der Waals surface area contributed by atoms with Gasteiger partial charge in [0.15, 0.2) is 0 Å². The molecule has 0 aromatic carbocycles. The zero-order chi connectivity index (χ0) is 36.3. The lowest BCUT2D eigenvalue weighted by atomic mass is 9.84. The van der Waals surface area contributed by atoms with Gasteiger partial charge in [0.25, 0.3) is 5.91 Å². The van der Waals surface area contributed by atoms with Crippen LogP contribution in [0.5, 0.6) is 0 Å². The molecule has 276 valence electrons. The molecule has 0 bridgehead atoms. The molecule has 12 nitrogen and oxygen atoms in total. The molecule has 0 aromatic heterocycles. The molecule has 0 saturated heterocycles. The Balaban J connectivity index is 0.000000495. The largest absolute Gasteiger partial charge is 0.481 e. The molecule has 2 aliphatic carbocycles. The number of aliphatic carboxylic acids is 1. The maximum Gasteiger partial charge on any atom is 0.338 e. The van der Waals surface area contributed by atoms with Gasteiger partial charge in [0.05, 0.1) is 24.7 Å². The number of ether oxygens (including phenoxy) is 2. The second-order valence-corrected chi connectivity index (χ2v) is 15.4. The first-order chi connectivity index (χ1) is 22.4. The van der Waals surface area contributed by atoms with Crippen molar-refractivity contribution in [2.45, 2.75) is 168 Å². The molecule has 0 radical (unpaired) electrons. The number of carboxylic acids is 1. The van der Waals surface area contributed by atoms with Crippen molar-refractivity contribution in [1.82, 2.24) is 0 Å². The zero-order valence-corrected chi connectivity index (χ0v) is 30.4. The van der Waals surface area contributed by atoms with Gasteiger partial charge in [-0.15, -0.1) is 0 Å². The van der Waals surface area contributed by atoms with Crippen molar-refractivity contribution in [3.05, 3.63) is 0 Å². The van der Waals surface area contributed by atoms with E-state index in [2.05, 4.69) is 5.16 Å². The number of hydrogen-bond acceptors (Lipinski definition) is 9. The van der Waals surface area contributed by atoms with Crippen LogP contribution in [-0.4, -0.2) is 51.9 Å². The van der Waals surface area contributed by atoms with Gasteiger partial charge in [-0.3, -0.25) is 19.2 Å². The Morgan fingerprint density at radius 3 is 1.46 bits per heavy atom. The number of nitrogens with two attached hydrogens (primary N) is 2. The van der Waals surface area contributed by atoms with Gasteiger partial charge < -0.3 is 30.9 Å². The van der Waals surface area contributed by atoms with Crippen molar-refractivity contribution in [1.29, 1.82) is 0 Å². The van der Waals surface area contributed by atoms with Crippen LogP contribution in [-0.2, 0) is 38.3 Å². The summed E-state index contributed by atoms with van der Waals surface area (Å²) in [6.07, 6.45) is 17.5. The molecule has 0 aromatic rings. The Labute approximate surface area is 287 Å². The van der Waals surface area contributed by atoms with Crippen LogP contribution in [0.3, 0.4) is 0 Å². The lowest BCUT2D eigenvalue weighted by Crippen LogP contribution is -2.32. The maximum atomic E-state index is 12.3. The number of amidine groups is 1. The summed E-state index contributed by atoms with van der Waals surface area (Å²) in [6.45, 7) is 10.7. The van der Waals surface area contributed by atoms with Crippen molar-refractivity contribution in [3.63, 3.8) is 0 Å². The monoisotopic (exact) mass is 681 g/mol. The van der Waals surface area contributed by atoms with E-state index in [1.807, 2.05) is 0 Å². The Bertz CT molecular complexity index is 1050. The summed E-state index contributed by atoms with van der Waals surface area (Å²) in [6, 6.07) is 0. The molecule has 0 heterocycles. The fourth-order valence-electron chi connectivity index (χ4n) is 6.26. The number of primary amides is 1. The second-order valence-electron chi connectivity index (χ2n) is 15.4. The van der Waals surface area contributed by atoms with Gasteiger partial charge in [0.1, 0.15) is 11.2 Å². The minimum atomic E-state index is -0.983. The number of oxime groups is 1. The summed E-state index contributed by atoms with van der Waals surface area (Å²) in [5, 5.41) is 12.5. The van der Waals surface area contributed by atoms with Gasteiger partial charge >= 0.3 is 23.9 Å². The molecule has 0 unspecified atom stereocenters. The minimum Gasteiger partial charge on any atom is -0.481 e. The molecule has 2 atom stereocenters. The van der Waals surface area contributed by atoms with Crippen LogP contribution in [0.2, 0.25) is 0 Å². The number of esters is 2. The smallest absolute Gasteiger partial charge is 0.338 e. The summed E-state index contributed by atoms with van der Waals surface area (Å²) >= 11 is 0. The molecule has 5 N–H and O–H groups in total. The van der Waals surface area contributed by atoms with E-state index in [1.165, 1.54) is 64.2 Å². The highest BCUT2D eigenvalue weighted by Crippen LogP contribution is 2.30. The molecule has 0 spiro atoms. The third-order valence-electron chi connectivity index (χ3n) is 8.61. The molecule has 2 aliphatic rings. The summed E-state index contributed by atoms with van der Waals surface area (Å²) in [4.78, 5) is 63.0. The predicted octanol–water partition coefficient (Wildman–Crippen LogP) is 6.56. The van der Waals surface area contributed by atoms with Crippen LogP contribution < -0.4 is 11.5 Å². The standard InChI is InChI=1S/C19H33N3O5.C17H30O4/c1-19(2,3)26-15(23)12-14(18(25)27-22-16(20)17(21)24)11-7-10-13-8-5-4-6-9-13;1-17(2,3)21-15(18)12-14(16(19)20)11-7-10-13-8-5-4-6-9-13/h13-14H,4-12H2,1-3H3,(H2,20,22)(H2,21,24);13-14H,4-12H2,1-3H3,(H,19,20)/t2*14-/m11/s1. The van der Waals surface area contributed by atoms with Crippen LogP contribution in [0.1, 0.15) is 157 Å². The molecule has 2 rings (SSSR count). The van der Waals surface area contributed by atoms with E-state index in [-0.39, 0.29) is 12.8 Å². The van der Waals surface area contributed by atoms with E-state index in [9.17, 15) is 29.1 Å². The number of amides is 1. The first-order valence-electron chi connectivity index (χ1n) is 17.9. The molecule has 12 heteroatoms. The quantitative estimate of drug-likeness (QED) is 0.0560. The average molecular weight is 682 g/mol. The number of carboxylic acid groups (broad SMARTS) is 1. The topological polar surface area (TPSA) is 198 Å².